The molecule has 1 aliphatic heterocycles. The zero-order valence-corrected chi connectivity index (χ0v) is 26.7. The average Bonchev–Trinajstić information content (AvgIpc) is 2.84. The summed E-state index contributed by atoms with van der Waals surface area (Å²) < 4.78 is 12.2. The minimum atomic E-state index is -0.514. The van der Waals surface area contributed by atoms with Crippen LogP contribution >= 0.6 is 34.8 Å². The van der Waals surface area contributed by atoms with Crippen molar-refractivity contribution in [1.82, 2.24) is 4.90 Å². The van der Waals surface area contributed by atoms with Gasteiger partial charge in [-0.1, -0.05) is 68.6 Å². The molecule has 0 spiro atoms. The van der Waals surface area contributed by atoms with Crippen molar-refractivity contribution < 1.29 is 19.1 Å². The van der Waals surface area contributed by atoms with Crippen molar-refractivity contribution in [2.75, 3.05) is 13.7 Å². The Morgan fingerprint density at radius 3 is 1.95 bits per heavy atom. The number of carbonyl (C=O) groups is 2. The number of rotatable bonds is 6. The maximum atomic E-state index is 13.8. The Labute approximate surface area is 257 Å². The SMILES string of the molecule is CCOc1cc(C2C3=C(CC(C)(C)CC3=O)N(C)C3=C2C(=O)CC(C)(C)C3)cc(Cl)c1OCc1ccc(Cl)cc1Cl. The van der Waals surface area contributed by atoms with Gasteiger partial charge in [-0.05, 0) is 60.4 Å². The molecule has 0 saturated carbocycles. The molecule has 0 bridgehead atoms. The zero-order chi connectivity index (χ0) is 29.9. The van der Waals surface area contributed by atoms with Crippen LogP contribution in [0.2, 0.25) is 15.1 Å². The lowest BCUT2D eigenvalue weighted by atomic mass is 9.63. The lowest BCUT2D eigenvalue weighted by molar-refractivity contribution is -0.119. The second-order valence-electron chi connectivity index (χ2n) is 12.9. The van der Waals surface area contributed by atoms with Gasteiger partial charge in [0.05, 0.1) is 11.6 Å². The Bertz CT molecular complexity index is 1450. The summed E-state index contributed by atoms with van der Waals surface area (Å²) in [6.45, 7) is 10.9. The zero-order valence-electron chi connectivity index (χ0n) is 24.4. The quantitative estimate of drug-likeness (QED) is 0.324. The summed E-state index contributed by atoms with van der Waals surface area (Å²) in [5.41, 5.74) is 4.54. The third kappa shape index (κ3) is 5.78. The normalized spacial score (nSPS) is 20.3. The number of ether oxygens (including phenoxy) is 2. The Hall–Kier alpha value is -2.47. The summed E-state index contributed by atoms with van der Waals surface area (Å²) in [7, 11) is 2.00. The number of allylic oxidation sites excluding steroid dienone is 4. The highest BCUT2D eigenvalue weighted by atomic mass is 35.5. The summed E-state index contributed by atoms with van der Waals surface area (Å²) in [6.07, 6.45) is 2.35. The van der Waals surface area contributed by atoms with Crippen molar-refractivity contribution in [1.29, 1.82) is 0 Å². The fourth-order valence-electron chi connectivity index (χ4n) is 6.44. The van der Waals surface area contributed by atoms with Gasteiger partial charge in [0.1, 0.15) is 6.61 Å². The van der Waals surface area contributed by atoms with E-state index in [2.05, 4.69) is 32.6 Å². The number of hydrogen-bond donors (Lipinski definition) is 0. The molecule has 5 nitrogen and oxygen atoms in total. The average molecular weight is 617 g/mol. The van der Waals surface area contributed by atoms with Crippen LogP contribution in [0.5, 0.6) is 11.5 Å². The highest BCUT2D eigenvalue weighted by molar-refractivity contribution is 6.35. The fraction of sp³-hybridized carbons (Fsp3) is 0.455. The second-order valence-corrected chi connectivity index (χ2v) is 14.1. The topological polar surface area (TPSA) is 55.8 Å². The van der Waals surface area contributed by atoms with Gasteiger partial charge in [-0.2, -0.15) is 0 Å². The lowest BCUT2D eigenvalue weighted by Gasteiger charge is -2.48. The third-order valence-electron chi connectivity index (χ3n) is 8.23. The van der Waals surface area contributed by atoms with Crippen molar-refractivity contribution in [3.8, 4) is 11.5 Å². The molecule has 2 aromatic rings. The number of carbonyl (C=O) groups excluding carboxylic acids is 2. The summed E-state index contributed by atoms with van der Waals surface area (Å²) in [4.78, 5) is 29.8. The first-order valence-corrected chi connectivity index (χ1v) is 15.1. The third-order valence-corrected chi connectivity index (χ3v) is 9.10. The van der Waals surface area contributed by atoms with Crippen LogP contribution in [0.1, 0.15) is 77.3 Å². The van der Waals surface area contributed by atoms with Gasteiger partial charge in [-0.3, -0.25) is 9.59 Å². The van der Waals surface area contributed by atoms with Crippen molar-refractivity contribution in [2.45, 2.75) is 72.8 Å². The second kappa shape index (κ2) is 11.0. The van der Waals surface area contributed by atoms with Crippen LogP contribution < -0.4 is 9.47 Å². The van der Waals surface area contributed by atoms with Gasteiger partial charge in [-0.15, -0.1) is 0 Å². The van der Waals surface area contributed by atoms with E-state index in [4.69, 9.17) is 44.3 Å². The fourth-order valence-corrected chi connectivity index (χ4v) is 7.18. The summed E-state index contributed by atoms with van der Waals surface area (Å²) >= 11 is 19.3. The molecule has 1 heterocycles. The van der Waals surface area contributed by atoms with E-state index in [1.165, 1.54) is 0 Å². The molecule has 0 radical (unpaired) electrons. The number of hydrogen-bond acceptors (Lipinski definition) is 5. The van der Waals surface area contributed by atoms with Gasteiger partial charge in [0.15, 0.2) is 23.1 Å². The molecule has 0 unspecified atom stereocenters. The first-order chi connectivity index (χ1) is 19.2. The number of benzene rings is 2. The molecule has 218 valence electrons. The lowest BCUT2D eigenvalue weighted by Crippen LogP contribution is -2.43. The minimum absolute atomic E-state index is 0.0732. The van der Waals surface area contributed by atoms with Crippen LogP contribution in [0.15, 0.2) is 52.9 Å². The molecule has 0 aromatic heterocycles. The van der Waals surface area contributed by atoms with E-state index < -0.39 is 5.92 Å². The van der Waals surface area contributed by atoms with Crippen molar-refractivity contribution in [2.24, 2.45) is 10.8 Å². The van der Waals surface area contributed by atoms with E-state index in [0.717, 1.165) is 35.4 Å². The van der Waals surface area contributed by atoms with Crippen molar-refractivity contribution >= 4 is 46.4 Å². The van der Waals surface area contributed by atoms with E-state index in [-0.39, 0.29) is 29.0 Å². The molecule has 8 heteroatoms. The van der Waals surface area contributed by atoms with E-state index in [1.807, 2.05) is 26.1 Å². The van der Waals surface area contributed by atoms with Crippen LogP contribution in [0.25, 0.3) is 0 Å². The van der Waals surface area contributed by atoms with Crippen LogP contribution in [0.3, 0.4) is 0 Å². The molecule has 0 atom stereocenters. The van der Waals surface area contributed by atoms with Crippen LogP contribution in [0, 0.1) is 10.8 Å². The van der Waals surface area contributed by atoms with E-state index in [9.17, 15) is 9.59 Å². The molecule has 2 aliphatic carbocycles. The smallest absolute Gasteiger partial charge is 0.180 e. The molecule has 0 N–H and O–H groups in total. The maximum Gasteiger partial charge on any atom is 0.180 e. The number of Topliss-reactive ketones (excluding diaryl/α,β-unsaturated/α-hetero) is 2. The first-order valence-electron chi connectivity index (χ1n) is 14.0. The molecular formula is C33H36Cl3NO4. The Morgan fingerprint density at radius 2 is 1.41 bits per heavy atom. The van der Waals surface area contributed by atoms with Gasteiger partial charge in [0.25, 0.3) is 0 Å². The monoisotopic (exact) mass is 615 g/mol. The van der Waals surface area contributed by atoms with Gasteiger partial charge >= 0.3 is 0 Å². The Morgan fingerprint density at radius 1 is 0.829 bits per heavy atom. The highest BCUT2D eigenvalue weighted by Gasteiger charge is 2.48. The van der Waals surface area contributed by atoms with Gasteiger partial charge < -0.3 is 14.4 Å². The molecule has 41 heavy (non-hydrogen) atoms. The van der Waals surface area contributed by atoms with Crippen LogP contribution in [-0.4, -0.2) is 30.1 Å². The number of ketones is 2. The molecule has 3 aliphatic rings. The van der Waals surface area contributed by atoms with Gasteiger partial charge in [0.2, 0.25) is 0 Å². The van der Waals surface area contributed by atoms with Gasteiger partial charge in [-0.25, -0.2) is 0 Å². The number of halogens is 3. The summed E-state index contributed by atoms with van der Waals surface area (Å²) in [6, 6.07) is 8.91. The molecule has 0 fully saturated rings. The summed E-state index contributed by atoms with van der Waals surface area (Å²) in [5.74, 6) is 0.468. The minimum Gasteiger partial charge on any atom is -0.490 e. The molecule has 5 rings (SSSR count). The van der Waals surface area contributed by atoms with E-state index in [0.29, 0.717) is 57.2 Å². The van der Waals surface area contributed by atoms with E-state index in [1.54, 1.807) is 18.2 Å². The van der Waals surface area contributed by atoms with Crippen LogP contribution in [0.4, 0.5) is 0 Å². The predicted octanol–water partition coefficient (Wildman–Crippen LogP) is 8.94. The Balaban J connectivity index is 1.63. The van der Waals surface area contributed by atoms with Gasteiger partial charge in [0, 0.05) is 64.0 Å². The number of nitrogens with zero attached hydrogens (tertiary/aromatic N) is 1. The predicted molar refractivity (Wildman–Crippen MR) is 164 cm³/mol. The van der Waals surface area contributed by atoms with Crippen molar-refractivity contribution in [3.63, 3.8) is 0 Å². The molecule has 0 amide bonds. The standard InChI is InChI=1S/C33H36Cl3NO4/c1-7-40-27-11-19(10-22(36)31(27)41-17-18-8-9-20(34)12-21(18)35)28-29-23(13-32(2,3)15-25(29)38)37(6)24-14-33(4,5)16-26(39)30(24)28/h8-12,28H,7,13-17H2,1-6H3. The maximum absolute atomic E-state index is 13.8. The largest absolute Gasteiger partial charge is 0.490 e. The highest BCUT2D eigenvalue weighted by Crippen LogP contribution is 2.55. The first kappa shape index (κ1) is 30.0. The van der Waals surface area contributed by atoms with Crippen molar-refractivity contribution in [3.05, 3.63) is 79.1 Å². The Kier molecular flexibility index (Phi) is 8.04. The molecule has 2 aromatic carbocycles. The van der Waals surface area contributed by atoms with E-state index >= 15 is 0 Å². The van der Waals surface area contributed by atoms with Crippen LogP contribution in [-0.2, 0) is 16.2 Å². The summed E-state index contributed by atoms with van der Waals surface area (Å²) in [5, 5.41) is 1.37. The molecule has 0 saturated heterocycles. The molecular weight excluding hydrogens is 581 g/mol.